The molecule has 0 spiro atoms. The fourth-order valence-electron chi connectivity index (χ4n) is 3.80. The van der Waals surface area contributed by atoms with Gasteiger partial charge in [0.05, 0.1) is 0 Å². The lowest BCUT2D eigenvalue weighted by molar-refractivity contribution is -0.697. The number of fused-ring (bicyclic) bond motifs is 1. The van der Waals surface area contributed by atoms with Crippen molar-refractivity contribution in [2.75, 3.05) is 10.2 Å². The number of aromatic nitrogens is 1. The van der Waals surface area contributed by atoms with Gasteiger partial charge < -0.3 is 5.32 Å². The molecule has 3 aromatic rings. The summed E-state index contributed by atoms with van der Waals surface area (Å²) >= 11 is 0. The molecule has 0 radical (unpaired) electrons. The van der Waals surface area contributed by atoms with Crippen LogP contribution in [0.25, 0.3) is 0 Å². The van der Waals surface area contributed by atoms with Crippen molar-refractivity contribution in [1.29, 1.82) is 0 Å². The average molecular weight is 390 g/mol. The summed E-state index contributed by atoms with van der Waals surface area (Å²) in [6.07, 6.45) is 1.79. The Morgan fingerprint density at radius 1 is 1.07 bits per heavy atom. The normalized spacial score (nSPS) is 18.3. The maximum atomic E-state index is 13.6. The Balaban J connectivity index is 1.86. The molecule has 1 aliphatic heterocycles. The van der Waals surface area contributed by atoms with Crippen LogP contribution in [0.1, 0.15) is 18.2 Å². The number of pyridine rings is 1. The molecule has 146 valence electrons. The minimum absolute atomic E-state index is 0.0980. The summed E-state index contributed by atoms with van der Waals surface area (Å²) in [6.45, 7) is 3.72. The van der Waals surface area contributed by atoms with Crippen molar-refractivity contribution in [2.45, 2.75) is 25.9 Å². The second-order valence-electron chi connectivity index (χ2n) is 7.26. The van der Waals surface area contributed by atoms with Crippen LogP contribution in [0.4, 0.5) is 15.8 Å². The summed E-state index contributed by atoms with van der Waals surface area (Å²) in [5.41, 5.74) is 1.42. The molecule has 1 atom stereocenters. The van der Waals surface area contributed by atoms with E-state index in [1.807, 2.05) is 49.4 Å². The number of aryl methyl sites for hydroxylation is 1. The van der Waals surface area contributed by atoms with E-state index in [-0.39, 0.29) is 18.4 Å². The first-order chi connectivity index (χ1) is 13.9. The number of nitrogens with one attached hydrogen (secondary N) is 1. The molecule has 4 rings (SSSR count). The lowest BCUT2D eigenvalue weighted by atomic mass is 9.89. The second-order valence-corrected chi connectivity index (χ2v) is 7.26. The largest absolute Gasteiger partial charge is 0.323 e. The van der Waals surface area contributed by atoms with Crippen molar-refractivity contribution >= 4 is 23.2 Å². The van der Waals surface area contributed by atoms with E-state index in [0.717, 1.165) is 5.56 Å². The van der Waals surface area contributed by atoms with Crippen LogP contribution in [0.15, 0.2) is 72.9 Å². The van der Waals surface area contributed by atoms with Crippen molar-refractivity contribution in [1.82, 2.24) is 0 Å². The van der Waals surface area contributed by atoms with Crippen molar-refractivity contribution < 1.29 is 18.5 Å². The van der Waals surface area contributed by atoms with E-state index in [2.05, 4.69) is 5.32 Å². The summed E-state index contributed by atoms with van der Waals surface area (Å²) in [7, 11) is 0. The molecule has 2 amide bonds. The van der Waals surface area contributed by atoms with E-state index >= 15 is 0 Å². The molecule has 0 unspecified atom stereocenters. The highest BCUT2D eigenvalue weighted by Gasteiger charge is 2.54. The van der Waals surface area contributed by atoms with Crippen LogP contribution in [0.5, 0.6) is 0 Å². The summed E-state index contributed by atoms with van der Waals surface area (Å²) in [4.78, 5) is 28.2. The first kappa shape index (κ1) is 18.8. The molecule has 2 aromatic carbocycles. The second kappa shape index (κ2) is 7.13. The molecular weight excluding hydrogens is 369 g/mol. The molecule has 6 heteroatoms. The molecule has 0 bridgehead atoms. The highest BCUT2D eigenvalue weighted by molar-refractivity contribution is 6.08. The van der Waals surface area contributed by atoms with Gasteiger partial charge >= 0.3 is 0 Å². The molecule has 0 fully saturated rings. The lowest BCUT2D eigenvalue weighted by Crippen LogP contribution is -2.67. The minimum Gasteiger partial charge on any atom is -0.323 e. The lowest BCUT2D eigenvalue weighted by Gasteiger charge is -2.40. The number of halogens is 1. The van der Waals surface area contributed by atoms with Gasteiger partial charge in [-0.05, 0) is 49.7 Å². The number of anilines is 2. The minimum atomic E-state index is -1.32. The zero-order valence-electron chi connectivity index (χ0n) is 16.2. The van der Waals surface area contributed by atoms with Crippen LogP contribution in [-0.2, 0) is 21.7 Å². The molecular formula is C23H21FN3O2+. The molecule has 0 saturated heterocycles. The summed E-state index contributed by atoms with van der Waals surface area (Å²) in [5.74, 6) is -0.995. The van der Waals surface area contributed by atoms with Gasteiger partial charge in [0.25, 0.3) is 11.8 Å². The molecule has 0 saturated carbocycles. The van der Waals surface area contributed by atoms with Crippen LogP contribution in [0, 0.1) is 12.7 Å². The average Bonchev–Trinajstić information content (AvgIpc) is 2.71. The Labute approximate surface area is 168 Å². The van der Waals surface area contributed by atoms with Crippen molar-refractivity contribution in [3.63, 3.8) is 0 Å². The standard InChI is InChI=1S/C23H20FN3O2/c1-16-7-3-4-8-19(16)25-22(29)23(2)20-9-5-6-14-26(20)15-21(28)27(23)18-12-10-17(24)11-13-18/h3-14H,15H2,1-2H3/p+1/t23-/m0/s1. The number of rotatable bonds is 3. The van der Waals surface area contributed by atoms with Crippen LogP contribution in [0.3, 0.4) is 0 Å². The Hall–Kier alpha value is -3.54. The number of nitrogens with zero attached hydrogens (tertiary/aromatic N) is 2. The molecule has 1 aromatic heterocycles. The third-order valence-electron chi connectivity index (χ3n) is 5.36. The number of hydrogen-bond donors (Lipinski definition) is 1. The van der Waals surface area contributed by atoms with E-state index in [1.54, 1.807) is 17.7 Å². The first-order valence-corrected chi connectivity index (χ1v) is 9.36. The molecule has 29 heavy (non-hydrogen) atoms. The van der Waals surface area contributed by atoms with Gasteiger partial charge in [0, 0.05) is 23.5 Å². The first-order valence-electron chi connectivity index (χ1n) is 9.36. The van der Waals surface area contributed by atoms with E-state index < -0.39 is 11.4 Å². The van der Waals surface area contributed by atoms with Crippen LogP contribution >= 0.6 is 0 Å². The monoisotopic (exact) mass is 390 g/mol. The van der Waals surface area contributed by atoms with Crippen LogP contribution < -0.4 is 14.8 Å². The maximum Gasteiger partial charge on any atom is 0.294 e. The molecule has 5 nitrogen and oxygen atoms in total. The van der Waals surface area contributed by atoms with E-state index in [9.17, 15) is 14.0 Å². The zero-order valence-corrected chi connectivity index (χ0v) is 16.2. The number of carbonyl (C=O) groups excluding carboxylic acids is 2. The Kier molecular flexibility index (Phi) is 4.62. The number of hydrogen-bond acceptors (Lipinski definition) is 2. The molecule has 2 heterocycles. The number of amides is 2. The van der Waals surface area contributed by atoms with Crippen molar-refractivity contribution in [3.8, 4) is 0 Å². The van der Waals surface area contributed by atoms with E-state index in [0.29, 0.717) is 17.1 Å². The SMILES string of the molecule is Cc1ccccc1NC(=O)[C@]1(C)c2cccc[n+]2CC(=O)N1c1ccc(F)cc1. The van der Waals surface area contributed by atoms with Crippen LogP contribution in [0.2, 0.25) is 0 Å². The van der Waals surface area contributed by atoms with Gasteiger partial charge in [-0.25, -0.2) is 4.39 Å². The summed E-state index contributed by atoms with van der Waals surface area (Å²) in [5, 5.41) is 2.97. The Bertz CT molecular complexity index is 1100. The van der Waals surface area contributed by atoms with Gasteiger partial charge in [0.15, 0.2) is 6.20 Å². The molecule has 1 N–H and O–H groups in total. The van der Waals surface area contributed by atoms with Gasteiger partial charge in [0.1, 0.15) is 5.82 Å². The topological polar surface area (TPSA) is 53.3 Å². The zero-order chi connectivity index (χ0) is 20.6. The summed E-state index contributed by atoms with van der Waals surface area (Å²) < 4.78 is 15.3. The maximum absolute atomic E-state index is 13.6. The third-order valence-corrected chi connectivity index (χ3v) is 5.36. The summed E-state index contributed by atoms with van der Waals surface area (Å²) in [6, 6.07) is 18.6. The highest BCUT2D eigenvalue weighted by atomic mass is 19.1. The van der Waals surface area contributed by atoms with Gasteiger partial charge in [-0.3, -0.25) is 14.5 Å². The number of carbonyl (C=O) groups is 2. The van der Waals surface area contributed by atoms with Gasteiger partial charge in [-0.2, -0.15) is 4.57 Å². The predicted molar refractivity (Wildman–Crippen MR) is 108 cm³/mol. The van der Waals surface area contributed by atoms with Crippen LogP contribution in [-0.4, -0.2) is 11.8 Å². The predicted octanol–water partition coefficient (Wildman–Crippen LogP) is 3.32. The Morgan fingerprint density at radius 3 is 2.48 bits per heavy atom. The third kappa shape index (κ3) is 3.16. The van der Waals surface area contributed by atoms with Crippen molar-refractivity contribution in [3.05, 3.63) is 90.0 Å². The van der Waals surface area contributed by atoms with E-state index in [4.69, 9.17) is 0 Å². The number of para-hydroxylation sites is 1. The quantitative estimate of drug-likeness (QED) is 0.698. The van der Waals surface area contributed by atoms with E-state index in [1.165, 1.54) is 29.2 Å². The highest BCUT2D eigenvalue weighted by Crippen LogP contribution is 2.35. The van der Waals surface area contributed by atoms with Gasteiger partial charge in [0.2, 0.25) is 17.8 Å². The fourth-order valence-corrected chi connectivity index (χ4v) is 3.80. The van der Waals surface area contributed by atoms with Gasteiger partial charge in [-0.1, -0.05) is 24.3 Å². The number of benzene rings is 2. The molecule has 0 aliphatic carbocycles. The van der Waals surface area contributed by atoms with Gasteiger partial charge in [-0.15, -0.1) is 0 Å². The van der Waals surface area contributed by atoms with Crippen molar-refractivity contribution in [2.24, 2.45) is 0 Å². The Morgan fingerprint density at radius 2 is 1.76 bits per heavy atom. The fraction of sp³-hybridized carbons (Fsp3) is 0.174. The molecule has 1 aliphatic rings. The smallest absolute Gasteiger partial charge is 0.294 e.